The van der Waals surface area contributed by atoms with Crippen LogP contribution in [0.1, 0.15) is 59.1 Å². The second kappa shape index (κ2) is 6.84. The Hall–Kier alpha value is -3.32. The zero-order chi connectivity index (χ0) is 23.6. The van der Waals surface area contributed by atoms with Gasteiger partial charge in [0.2, 0.25) is 0 Å². The van der Waals surface area contributed by atoms with Crippen molar-refractivity contribution in [3.63, 3.8) is 0 Å². The number of aryl methyl sites for hydroxylation is 1. The Labute approximate surface area is 181 Å². The Bertz CT molecular complexity index is 1440. The van der Waals surface area contributed by atoms with Crippen LogP contribution in [0.15, 0.2) is 30.3 Å². The number of hydrogen-bond acceptors (Lipinski definition) is 5. The number of carbonyl (C=O) groups excluding carboxylic acids is 1. The van der Waals surface area contributed by atoms with Gasteiger partial charge in [0.15, 0.2) is 5.78 Å². The van der Waals surface area contributed by atoms with Gasteiger partial charge in [-0.1, -0.05) is 26.8 Å². The van der Waals surface area contributed by atoms with Gasteiger partial charge in [-0.2, -0.15) is 26.9 Å². The number of benzene rings is 2. The van der Waals surface area contributed by atoms with E-state index in [-0.39, 0.29) is 23.3 Å². The standard InChI is InChI=1S/C22H17F3N2O4S/c1-4-12-8-14-15(9-17(12)31-32(29,30)22(23,24)25)21(2,3)20-18(19(14)28)13-6-5-11(10-26)7-16(13)27-20/h5-9,27H,4H2,1-3H3. The lowest BCUT2D eigenvalue weighted by molar-refractivity contribution is -0.0500. The molecule has 0 saturated heterocycles. The van der Waals surface area contributed by atoms with E-state index in [1.807, 2.05) is 6.07 Å². The maximum Gasteiger partial charge on any atom is 0.534 e. The first-order valence-corrected chi connectivity index (χ1v) is 11.0. The average Bonchev–Trinajstić information content (AvgIpc) is 3.10. The van der Waals surface area contributed by atoms with Crippen LogP contribution in [0.4, 0.5) is 13.2 Å². The first-order chi connectivity index (χ1) is 14.8. The van der Waals surface area contributed by atoms with Crippen molar-refractivity contribution in [2.24, 2.45) is 0 Å². The average molecular weight is 462 g/mol. The van der Waals surface area contributed by atoms with Crippen LogP contribution in [0.5, 0.6) is 5.75 Å². The summed E-state index contributed by atoms with van der Waals surface area (Å²) in [7, 11) is -5.87. The van der Waals surface area contributed by atoms with E-state index in [9.17, 15) is 26.4 Å². The van der Waals surface area contributed by atoms with Crippen LogP contribution in [0.25, 0.3) is 10.9 Å². The van der Waals surface area contributed by atoms with Gasteiger partial charge in [-0.15, -0.1) is 0 Å². The number of nitrogens with one attached hydrogen (secondary N) is 1. The monoisotopic (exact) mass is 462 g/mol. The number of hydrogen-bond donors (Lipinski definition) is 1. The molecule has 3 aromatic rings. The number of halogens is 3. The van der Waals surface area contributed by atoms with Gasteiger partial charge >= 0.3 is 15.6 Å². The SMILES string of the molecule is CCc1cc2c(cc1OS(=O)(=O)C(F)(F)F)C(C)(C)c1[nH]c3cc(C#N)ccc3c1C2=O. The summed E-state index contributed by atoms with van der Waals surface area (Å²) in [5.74, 6) is -0.805. The summed E-state index contributed by atoms with van der Waals surface area (Å²) in [5, 5.41) is 9.79. The van der Waals surface area contributed by atoms with Crippen LogP contribution in [-0.4, -0.2) is 24.7 Å². The summed E-state index contributed by atoms with van der Waals surface area (Å²) >= 11 is 0. The zero-order valence-electron chi connectivity index (χ0n) is 17.2. The van der Waals surface area contributed by atoms with E-state index >= 15 is 0 Å². The Kier molecular flexibility index (Phi) is 4.68. The Balaban J connectivity index is 1.95. The minimum absolute atomic E-state index is 0.149. The number of nitrogens with zero attached hydrogens (tertiary/aromatic N) is 1. The number of ketones is 1. The van der Waals surface area contributed by atoms with Gasteiger partial charge in [-0.3, -0.25) is 4.79 Å². The summed E-state index contributed by atoms with van der Waals surface area (Å²) in [6.45, 7) is 5.16. The van der Waals surface area contributed by atoms with Crippen molar-refractivity contribution in [1.29, 1.82) is 5.26 Å². The molecule has 0 radical (unpaired) electrons. The number of nitriles is 1. The van der Waals surface area contributed by atoms with Gasteiger partial charge in [0.05, 0.1) is 17.2 Å². The van der Waals surface area contributed by atoms with Crippen molar-refractivity contribution in [3.8, 4) is 11.8 Å². The fraction of sp³-hybridized carbons (Fsp3) is 0.273. The summed E-state index contributed by atoms with van der Waals surface area (Å²) < 4.78 is 66.3. The third-order valence-electron chi connectivity index (χ3n) is 5.76. The molecule has 4 rings (SSSR count). The van der Waals surface area contributed by atoms with E-state index in [4.69, 9.17) is 5.26 Å². The predicted molar refractivity (Wildman–Crippen MR) is 110 cm³/mol. The van der Waals surface area contributed by atoms with E-state index in [1.165, 1.54) is 12.1 Å². The van der Waals surface area contributed by atoms with E-state index in [2.05, 4.69) is 9.17 Å². The van der Waals surface area contributed by atoms with Crippen LogP contribution in [0, 0.1) is 11.3 Å². The van der Waals surface area contributed by atoms with Gasteiger partial charge in [-0.25, -0.2) is 0 Å². The summed E-state index contributed by atoms with van der Waals surface area (Å²) in [5.41, 5.74) is -3.78. The van der Waals surface area contributed by atoms with Crippen LogP contribution >= 0.6 is 0 Å². The van der Waals surface area contributed by atoms with Gasteiger partial charge in [0, 0.05) is 27.6 Å². The number of aromatic amines is 1. The Morgan fingerprint density at radius 1 is 1.19 bits per heavy atom. The number of aromatic nitrogens is 1. The first kappa shape index (κ1) is 21.9. The Morgan fingerprint density at radius 2 is 1.88 bits per heavy atom. The number of rotatable bonds is 3. The van der Waals surface area contributed by atoms with Crippen molar-refractivity contribution in [2.45, 2.75) is 38.1 Å². The number of alkyl halides is 3. The topological polar surface area (TPSA) is 100 Å². The quantitative estimate of drug-likeness (QED) is 0.449. The second-order valence-electron chi connectivity index (χ2n) is 8.04. The smallest absolute Gasteiger partial charge is 0.376 e. The molecule has 166 valence electrons. The van der Waals surface area contributed by atoms with Crippen molar-refractivity contribution in [1.82, 2.24) is 4.98 Å². The minimum atomic E-state index is -5.87. The third-order valence-corrected chi connectivity index (χ3v) is 6.73. The molecule has 1 aliphatic carbocycles. The van der Waals surface area contributed by atoms with Crippen molar-refractivity contribution in [3.05, 3.63) is 63.8 Å². The van der Waals surface area contributed by atoms with E-state index in [1.54, 1.807) is 39.0 Å². The number of carbonyl (C=O) groups is 1. The van der Waals surface area contributed by atoms with Crippen LogP contribution < -0.4 is 4.18 Å². The molecule has 0 unspecified atom stereocenters. The lowest BCUT2D eigenvalue weighted by Crippen LogP contribution is -2.32. The molecule has 0 aliphatic heterocycles. The molecule has 32 heavy (non-hydrogen) atoms. The first-order valence-electron chi connectivity index (χ1n) is 9.61. The highest BCUT2D eigenvalue weighted by Crippen LogP contribution is 2.46. The van der Waals surface area contributed by atoms with Crippen molar-refractivity contribution >= 4 is 26.8 Å². The van der Waals surface area contributed by atoms with Crippen molar-refractivity contribution < 1.29 is 30.6 Å². The highest BCUT2D eigenvalue weighted by atomic mass is 32.2. The largest absolute Gasteiger partial charge is 0.534 e. The normalized spacial score (nSPS) is 15.2. The fourth-order valence-electron chi connectivity index (χ4n) is 4.09. The second-order valence-corrected chi connectivity index (χ2v) is 9.58. The number of fused-ring (bicyclic) bond motifs is 4. The van der Waals surface area contributed by atoms with Gasteiger partial charge in [0.25, 0.3) is 0 Å². The summed E-state index contributed by atoms with van der Waals surface area (Å²) in [6.07, 6.45) is 0.149. The van der Waals surface area contributed by atoms with Gasteiger partial charge in [-0.05, 0) is 41.8 Å². The van der Waals surface area contributed by atoms with Crippen LogP contribution in [0.3, 0.4) is 0 Å². The molecule has 0 amide bonds. The highest BCUT2D eigenvalue weighted by Gasteiger charge is 2.49. The Morgan fingerprint density at radius 3 is 2.47 bits per heavy atom. The molecule has 1 aliphatic rings. The molecule has 1 N–H and O–H groups in total. The van der Waals surface area contributed by atoms with E-state index in [0.717, 1.165) is 0 Å². The lowest BCUT2D eigenvalue weighted by atomic mass is 9.70. The summed E-state index contributed by atoms with van der Waals surface area (Å²) in [4.78, 5) is 16.6. The molecule has 0 saturated carbocycles. The zero-order valence-corrected chi connectivity index (χ0v) is 18.0. The molecule has 10 heteroatoms. The third kappa shape index (κ3) is 3.07. The van der Waals surface area contributed by atoms with E-state index in [0.29, 0.717) is 33.3 Å². The molecule has 0 fully saturated rings. The number of H-pyrrole nitrogens is 1. The molecule has 2 aromatic carbocycles. The van der Waals surface area contributed by atoms with E-state index < -0.39 is 26.8 Å². The molecule has 0 atom stereocenters. The molecule has 1 heterocycles. The summed E-state index contributed by atoms with van der Waals surface area (Å²) in [6, 6.07) is 9.52. The fourth-order valence-corrected chi connectivity index (χ4v) is 4.58. The minimum Gasteiger partial charge on any atom is -0.376 e. The van der Waals surface area contributed by atoms with Crippen LogP contribution in [-0.2, 0) is 22.0 Å². The predicted octanol–water partition coefficient (Wildman–Crippen LogP) is 4.70. The molecular formula is C22H17F3N2O4S. The molecule has 0 bridgehead atoms. The van der Waals surface area contributed by atoms with Crippen LogP contribution in [0.2, 0.25) is 0 Å². The van der Waals surface area contributed by atoms with Gasteiger partial charge < -0.3 is 9.17 Å². The molecule has 1 aromatic heterocycles. The molecular weight excluding hydrogens is 445 g/mol. The maximum atomic E-state index is 13.4. The molecule has 0 spiro atoms. The maximum absolute atomic E-state index is 13.4. The molecule has 6 nitrogen and oxygen atoms in total. The van der Waals surface area contributed by atoms with Gasteiger partial charge in [0.1, 0.15) is 5.75 Å². The van der Waals surface area contributed by atoms with Crippen molar-refractivity contribution in [2.75, 3.05) is 0 Å². The highest BCUT2D eigenvalue weighted by molar-refractivity contribution is 7.88. The lowest BCUT2D eigenvalue weighted by Gasteiger charge is -2.33.